The monoisotopic (exact) mass is 254 g/mol. The van der Waals surface area contributed by atoms with Crippen LogP contribution >= 0.6 is 0 Å². The van der Waals surface area contributed by atoms with Crippen LogP contribution in [0.3, 0.4) is 0 Å². The van der Waals surface area contributed by atoms with Gasteiger partial charge in [-0.2, -0.15) is 5.26 Å². The lowest BCUT2D eigenvalue weighted by molar-refractivity contribution is 0.149. The Bertz CT molecular complexity index is 508. The molecule has 0 aliphatic heterocycles. The van der Waals surface area contributed by atoms with Crippen molar-refractivity contribution in [2.45, 2.75) is 51.0 Å². The van der Waals surface area contributed by atoms with E-state index in [1.54, 1.807) is 0 Å². The van der Waals surface area contributed by atoms with Crippen LogP contribution in [0, 0.1) is 16.7 Å². The van der Waals surface area contributed by atoms with Crippen LogP contribution in [0.5, 0.6) is 0 Å². The predicted molar refractivity (Wildman–Crippen MR) is 76.8 cm³/mol. The van der Waals surface area contributed by atoms with Gasteiger partial charge in [0.25, 0.3) is 0 Å². The molecule has 1 fully saturated rings. The molecule has 2 heteroatoms. The molecule has 2 nitrogen and oxygen atoms in total. The molecule has 1 saturated carbocycles. The van der Waals surface area contributed by atoms with Gasteiger partial charge in [0.05, 0.1) is 17.5 Å². The van der Waals surface area contributed by atoms with E-state index in [1.807, 2.05) is 7.05 Å². The lowest BCUT2D eigenvalue weighted by Crippen LogP contribution is -2.40. The lowest BCUT2D eigenvalue weighted by atomic mass is 9.63. The molecule has 19 heavy (non-hydrogen) atoms. The lowest BCUT2D eigenvalue weighted by Gasteiger charge is -2.42. The molecule has 1 unspecified atom stereocenters. The summed E-state index contributed by atoms with van der Waals surface area (Å²) in [6, 6.07) is 9.66. The summed E-state index contributed by atoms with van der Waals surface area (Å²) < 4.78 is 0. The SMILES string of the molecule is CNC(c1ccc2c(c1)CCCC2)C1(C#N)CCC1. The third-order valence-electron chi connectivity index (χ3n) is 5.02. The molecule has 100 valence electrons. The van der Waals surface area contributed by atoms with E-state index in [2.05, 4.69) is 29.6 Å². The molecular weight excluding hydrogens is 232 g/mol. The number of hydrogen-bond donors (Lipinski definition) is 1. The average molecular weight is 254 g/mol. The summed E-state index contributed by atoms with van der Waals surface area (Å²) in [7, 11) is 1.99. The van der Waals surface area contributed by atoms with Gasteiger partial charge in [0.2, 0.25) is 0 Å². The van der Waals surface area contributed by atoms with E-state index < -0.39 is 0 Å². The maximum Gasteiger partial charge on any atom is 0.0768 e. The third kappa shape index (κ3) is 2.07. The van der Waals surface area contributed by atoms with Gasteiger partial charge < -0.3 is 5.32 Å². The van der Waals surface area contributed by atoms with Crippen LogP contribution in [0.4, 0.5) is 0 Å². The minimum Gasteiger partial charge on any atom is -0.312 e. The Morgan fingerprint density at radius 3 is 2.47 bits per heavy atom. The van der Waals surface area contributed by atoms with Gasteiger partial charge in [-0.1, -0.05) is 24.6 Å². The summed E-state index contributed by atoms with van der Waals surface area (Å²) in [6.07, 6.45) is 8.32. The molecule has 2 aliphatic rings. The minimum absolute atomic E-state index is 0.169. The number of aryl methyl sites for hydroxylation is 2. The standard InChI is InChI=1S/C17H22N2/c1-19-16(17(12-18)9-4-10-17)15-8-7-13-5-2-3-6-14(13)11-15/h7-8,11,16,19H,2-6,9-10H2,1H3. The van der Waals surface area contributed by atoms with Crippen LogP contribution in [0.25, 0.3) is 0 Å². The van der Waals surface area contributed by atoms with Gasteiger partial charge in [0, 0.05) is 0 Å². The Morgan fingerprint density at radius 2 is 1.89 bits per heavy atom. The Kier molecular flexibility index (Phi) is 3.33. The Labute approximate surface area is 115 Å². The molecule has 2 aliphatic carbocycles. The fourth-order valence-corrected chi connectivity index (χ4v) is 3.72. The van der Waals surface area contributed by atoms with Crippen molar-refractivity contribution < 1.29 is 0 Å². The number of nitrogens with one attached hydrogen (secondary N) is 1. The van der Waals surface area contributed by atoms with Gasteiger partial charge in [-0.15, -0.1) is 0 Å². The van der Waals surface area contributed by atoms with Crippen molar-refractivity contribution in [3.05, 3.63) is 34.9 Å². The van der Waals surface area contributed by atoms with Gasteiger partial charge in [-0.25, -0.2) is 0 Å². The molecule has 1 aromatic rings. The number of hydrogen-bond acceptors (Lipinski definition) is 2. The molecule has 1 atom stereocenters. The van der Waals surface area contributed by atoms with Crippen LogP contribution in [-0.2, 0) is 12.8 Å². The molecule has 0 saturated heterocycles. The number of benzene rings is 1. The molecule has 1 aromatic carbocycles. The highest BCUT2D eigenvalue weighted by Gasteiger charge is 2.44. The third-order valence-corrected chi connectivity index (χ3v) is 5.02. The Hall–Kier alpha value is -1.33. The molecule has 1 N–H and O–H groups in total. The molecule has 0 bridgehead atoms. The van der Waals surface area contributed by atoms with Crippen LogP contribution in [-0.4, -0.2) is 7.05 Å². The quantitative estimate of drug-likeness (QED) is 0.896. The van der Waals surface area contributed by atoms with E-state index in [9.17, 15) is 5.26 Å². The van der Waals surface area contributed by atoms with Crippen LogP contribution in [0.2, 0.25) is 0 Å². The van der Waals surface area contributed by atoms with E-state index in [4.69, 9.17) is 0 Å². The topological polar surface area (TPSA) is 35.8 Å². The second kappa shape index (κ2) is 4.98. The first-order valence-corrected chi connectivity index (χ1v) is 7.49. The van der Waals surface area contributed by atoms with Crippen molar-refractivity contribution in [3.63, 3.8) is 0 Å². The van der Waals surface area contributed by atoms with Gasteiger partial charge in [-0.05, 0) is 62.3 Å². The van der Waals surface area contributed by atoms with E-state index in [0.717, 1.165) is 12.8 Å². The smallest absolute Gasteiger partial charge is 0.0768 e. The van der Waals surface area contributed by atoms with Gasteiger partial charge in [0.15, 0.2) is 0 Å². The molecule has 0 heterocycles. The van der Waals surface area contributed by atoms with E-state index >= 15 is 0 Å². The van der Waals surface area contributed by atoms with Gasteiger partial charge in [0.1, 0.15) is 0 Å². The van der Waals surface area contributed by atoms with Gasteiger partial charge in [-0.3, -0.25) is 0 Å². The largest absolute Gasteiger partial charge is 0.312 e. The summed E-state index contributed by atoms with van der Waals surface area (Å²) in [6.45, 7) is 0. The summed E-state index contributed by atoms with van der Waals surface area (Å²) in [4.78, 5) is 0. The molecule has 0 aromatic heterocycles. The summed E-state index contributed by atoms with van der Waals surface area (Å²) in [5, 5.41) is 12.9. The van der Waals surface area contributed by atoms with Crippen LogP contribution in [0.1, 0.15) is 54.8 Å². The average Bonchev–Trinajstić information content (AvgIpc) is 2.42. The summed E-state index contributed by atoms with van der Waals surface area (Å²) in [5.74, 6) is 0. The van der Waals surface area contributed by atoms with E-state index in [0.29, 0.717) is 0 Å². The summed E-state index contributed by atoms with van der Waals surface area (Å²) in [5.41, 5.74) is 4.17. The highest BCUT2D eigenvalue weighted by atomic mass is 14.9. The molecule has 0 spiro atoms. The fourth-order valence-electron chi connectivity index (χ4n) is 3.72. The first-order valence-electron chi connectivity index (χ1n) is 7.49. The van der Waals surface area contributed by atoms with Gasteiger partial charge >= 0.3 is 0 Å². The zero-order chi connectivity index (χ0) is 13.3. The number of nitrogens with zero attached hydrogens (tertiary/aromatic N) is 1. The van der Waals surface area contributed by atoms with E-state index in [-0.39, 0.29) is 11.5 Å². The summed E-state index contributed by atoms with van der Waals surface area (Å²) >= 11 is 0. The van der Waals surface area contributed by atoms with Crippen molar-refractivity contribution in [3.8, 4) is 6.07 Å². The molecule has 3 rings (SSSR count). The van der Waals surface area contributed by atoms with Crippen molar-refractivity contribution in [2.75, 3.05) is 7.05 Å². The zero-order valence-electron chi connectivity index (χ0n) is 11.7. The Morgan fingerprint density at radius 1 is 1.16 bits per heavy atom. The maximum atomic E-state index is 9.55. The highest BCUT2D eigenvalue weighted by molar-refractivity contribution is 5.37. The fraction of sp³-hybridized carbons (Fsp3) is 0.588. The van der Waals surface area contributed by atoms with Crippen LogP contribution < -0.4 is 5.32 Å². The second-order valence-corrected chi connectivity index (χ2v) is 6.08. The predicted octanol–water partition coefficient (Wildman–Crippen LogP) is 3.52. The highest BCUT2D eigenvalue weighted by Crippen LogP contribution is 2.49. The Balaban J connectivity index is 1.94. The first kappa shape index (κ1) is 12.7. The van der Waals surface area contributed by atoms with Crippen LogP contribution in [0.15, 0.2) is 18.2 Å². The number of fused-ring (bicyclic) bond motifs is 1. The molecule has 0 radical (unpaired) electrons. The van der Waals surface area contributed by atoms with Crippen molar-refractivity contribution in [1.82, 2.24) is 5.32 Å². The zero-order valence-corrected chi connectivity index (χ0v) is 11.7. The van der Waals surface area contributed by atoms with E-state index in [1.165, 1.54) is 48.8 Å². The number of rotatable bonds is 3. The first-order chi connectivity index (χ1) is 9.29. The molecule has 0 amide bonds. The van der Waals surface area contributed by atoms with Crippen molar-refractivity contribution in [1.29, 1.82) is 5.26 Å². The maximum absolute atomic E-state index is 9.55. The van der Waals surface area contributed by atoms with Crippen molar-refractivity contribution in [2.24, 2.45) is 5.41 Å². The minimum atomic E-state index is -0.169. The second-order valence-electron chi connectivity index (χ2n) is 6.08. The number of nitriles is 1. The van der Waals surface area contributed by atoms with Crippen molar-refractivity contribution >= 4 is 0 Å². The normalized spacial score (nSPS) is 21.9. The molecular formula is C17H22N2.